The number of hydrogen-bond acceptors (Lipinski definition) is 4. The van der Waals surface area contributed by atoms with Crippen LogP contribution in [0.2, 0.25) is 0 Å². The number of nitrogens with zero attached hydrogens (tertiary/aromatic N) is 1. The maximum atomic E-state index is 10.5. The molecule has 0 amide bonds. The van der Waals surface area contributed by atoms with Crippen LogP contribution in [0.15, 0.2) is 18.2 Å². The van der Waals surface area contributed by atoms with Crippen molar-refractivity contribution in [3.63, 3.8) is 0 Å². The van der Waals surface area contributed by atoms with E-state index in [1.807, 2.05) is 18.2 Å². The van der Waals surface area contributed by atoms with Crippen LogP contribution in [0.25, 0.3) is 0 Å². The van der Waals surface area contributed by atoms with Crippen molar-refractivity contribution in [2.75, 3.05) is 20.2 Å². The SMILES string of the molecule is COc1ccc2c(c1)OC1(CCN(C(C)C)CC1)C[C@H]2O. The first-order chi connectivity index (χ1) is 10.0. The number of hydrogen-bond donors (Lipinski definition) is 1. The lowest BCUT2D eigenvalue weighted by Gasteiger charge is -2.46. The second-order valence-corrected chi connectivity index (χ2v) is 6.54. The number of aliphatic hydroxyl groups is 1. The summed E-state index contributed by atoms with van der Waals surface area (Å²) in [5.41, 5.74) is 0.664. The number of rotatable bonds is 2. The molecule has 1 N–H and O–H groups in total. The molecule has 2 heterocycles. The normalized spacial score (nSPS) is 24.7. The summed E-state index contributed by atoms with van der Waals surface area (Å²) in [6.07, 6.45) is 2.20. The lowest BCUT2D eigenvalue weighted by molar-refractivity contribution is -0.0581. The average Bonchev–Trinajstić information content (AvgIpc) is 2.47. The van der Waals surface area contributed by atoms with Crippen LogP contribution in [-0.4, -0.2) is 41.8 Å². The molecule has 0 radical (unpaired) electrons. The Morgan fingerprint density at radius 3 is 2.67 bits per heavy atom. The summed E-state index contributed by atoms with van der Waals surface area (Å²) in [6, 6.07) is 6.26. The Hall–Kier alpha value is -1.26. The monoisotopic (exact) mass is 291 g/mol. The third kappa shape index (κ3) is 2.74. The van der Waals surface area contributed by atoms with Gasteiger partial charge in [-0.25, -0.2) is 0 Å². The van der Waals surface area contributed by atoms with E-state index in [9.17, 15) is 5.11 Å². The number of methoxy groups -OCH3 is 1. The third-order valence-electron chi connectivity index (χ3n) is 4.91. The predicted molar refractivity (Wildman–Crippen MR) is 81.9 cm³/mol. The van der Waals surface area contributed by atoms with Crippen molar-refractivity contribution in [2.45, 2.75) is 50.9 Å². The summed E-state index contributed by atoms with van der Waals surface area (Å²) in [7, 11) is 1.65. The van der Waals surface area contributed by atoms with Crippen molar-refractivity contribution in [1.82, 2.24) is 4.90 Å². The summed E-state index contributed by atoms with van der Waals surface area (Å²) in [4.78, 5) is 2.47. The van der Waals surface area contributed by atoms with Crippen molar-refractivity contribution >= 4 is 0 Å². The van der Waals surface area contributed by atoms with Gasteiger partial charge in [-0.05, 0) is 38.8 Å². The Balaban J connectivity index is 1.81. The Morgan fingerprint density at radius 2 is 2.05 bits per heavy atom. The molecule has 4 heteroatoms. The lowest BCUT2D eigenvalue weighted by atomic mass is 9.81. The molecule has 1 spiro atoms. The maximum Gasteiger partial charge on any atom is 0.129 e. The van der Waals surface area contributed by atoms with Crippen LogP contribution in [0.4, 0.5) is 0 Å². The summed E-state index contributed by atoms with van der Waals surface area (Å²) >= 11 is 0. The standard InChI is InChI=1S/C17H25NO3/c1-12(2)18-8-6-17(7-9-18)11-15(19)14-5-4-13(20-3)10-16(14)21-17/h4-5,10,12,15,19H,6-9,11H2,1-3H3/t15-/m1/s1. The van der Waals surface area contributed by atoms with Gasteiger partial charge in [-0.3, -0.25) is 0 Å². The first-order valence-corrected chi connectivity index (χ1v) is 7.82. The van der Waals surface area contributed by atoms with Crippen LogP contribution in [0.1, 0.15) is 44.8 Å². The van der Waals surface area contributed by atoms with E-state index in [0.717, 1.165) is 43.0 Å². The number of likely N-dealkylation sites (tertiary alicyclic amines) is 1. The molecule has 1 fully saturated rings. The second kappa shape index (κ2) is 5.50. The molecule has 2 aliphatic rings. The maximum absolute atomic E-state index is 10.5. The molecule has 0 bridgehead atoms. The van der Waals surface area contributed by atoms with Crippen LogP contribution in [0.3, 0.4) is 0 Å². The van der Waals surface area contributed by atoms with E-state index in [2.05, 4.69) is 18.7 Å². The van der Waals surface area contributed by atoms with Gasteiger partial charge < -0.3 is 19.5 Å². The smallest absolute Gasteiger partial charge is 0.129 e. The molecular formula is C17H25NO3. The predicted octanol–water partition coefficient (Wildman–Crippen LogP) is 2.75. The average molecular weight is 291 g/mol. The van der Waals surface area contributed by atoms with E-state index in [1.54, 1.807) is 7.11 Å². The number of aliphatic hydroxyl groups excluding tert-OH is 1. The molecule has 1 saturated heterocycles. The van der Waals surface area contributed by atoms with Gasteiger partial charge in [0.1, 0.15) is 17.1 Å². The molecule has 116 valence electrons. The fraction of sp³-hybridized carbons (Fsp3) is 0.647. The third-order valence-corrected chi connectivity index (χ3v) is 4.91. The first kappa shape index (κ1) is 14.7. The minimum atomic E-state index is -0.440. The molecular weight excluding hydrogens is 266 g/mol. The zero-order valence-corrected chi connectivity index (χ0v) is 13.1. The van der Waals surface area contributed by atoms with Gasteiger partial charge in [0, 0.05) is 37.2 Å². The van der Waals surface area contributed by atoms with Crippen molar-refractivity contribution in [1.29, 1.82) is 0 Å². The van der Waals surface area contributed by atoms with E-state index < -0.39 is 6.10 Å². The largest absolute Gasteiger partial charge is 0.497 e. The van der Waals surface area contributed by atoms with Crippen molar-refractivity contribution in [3.8, 4) is 11.5 Å². The number of piperidine rings is 1. The molecule has 2 aliphatic heterocycles. The van der Waals surface area contributed by atoms with E-state index in [0.29, 0.717) is 12.5 Å². The highest BCUT2D eigenvalue weighted by Gasteiger charge is 2.43. The highest BCUT2D eigenvalue weighted by molar-refractivity contribution is 5.44. The van der Waals surface area contributed by atoms with Gasteiger partial charge in [0.2, 0.25) is 0 Å². The molecule has 0 aromatic heterocycles. The summed E-state index contributed by atoms with van der Waals surface area (Å²) < 4.78 is 11.6. The summed E-state index contributed by atoms with van der Waals surface area (Å²) in [5.74, 6) is 1.56. The second-order valence-electron chi connectivity index (χ2n) is 6.54. The summed E-state index contributed by atoms with van der Waals surface area (Å²) in [5, 5.41) is 10.5. The quantitative estimate of drug-likeness (QED) is 0.910. The fourth-order valence-corrected chi connectivity index (χ4v) is 3.50. The van der Waals surface area contributed by atoms with Crippen LogP contribution < -0.4 is 9.47 Å². The van der Waals surface area contributed by atoms with E-state index >= 15 is 0 Å². The number of fused-ring (bicyclic) bond motifs is 1. The zero-order chi connectivity index (χ0) is 15.0. The van der Waals surface area contributed by atoms with Gasteiger partial charge in [-0.2, -0.15) is 0 Å². The molecule has 0 saturated carbocycles. The zero-order valence-electron chi connectivity index (χ0n) is 13.1. The van der Waals surface area contributed by atoms with E-state index in [1.165, 1.54) is 0 Å². The Bertz CT molecular complexity index is 507. The van der Waals surface area contributed by atoms with Crippen LogP contribution >= 0.6 is 0 Å². The van der Waals surface area contributed by atoms with Gasteiger partial charge in [0.15, 0.2) is 0 Å². The van der Waals surface area contributed by atoms with Gasteiger partial charge in [-0.15, -0.1) is 0 Å². The highest BCUT2D eigenvalue weighted by Crippen LogP contribution is 2.45. The molecule has 0 aliphatic carbocycles. The van der Waals surface area contributed by atoms with E-state index in [-0.39, 0.29) is 5.60 Å². The topological polar surface area (TPSA) is 41.9 Å². The van der Waals surface area contributed by atoms with Gasteiger partial charge in [0.25, 0.3) is 0 Å². The molecule has 4 nitrogen and oxygen atoms in total. The van der Waals surface area contributed by atoms with Crippen LogP contribution in [-0.2, 0) is 0 Å². The molecule has 1 atom stereocenters. The first-order valence-electron chi connectivity index (χ1n) is 7.82. The Kier molecular flexibility index (Phi) is 3.84. The Labute approximate surface area is 126 Å². The van der Waals surface area contributed by atoms with Gasteiger partial charge >= 0.3 is 0 Å². The lowest BCUT2D eigenvalue weighted by Crippen LogP contribution is -2.51. The number of benzene rings is 1. The van der Waals surface area contributed by atoms with Crippen molar-refractivity contribution < 1.29 is 14.6 Å². The molecule has 1 aromatic carbocycles. The molecule has 21 heavy (non-hydrogen) atoms. The van der Waals surface area contributed by atoms with E-state index in [4.69, 9.17) is 9.47 Å². The molecule has 0 unspecified atom stereocenters. The number of ether oxygens (including phenoxy) is 2. The van der Waals surface area contributed by atoms with Crippen LogP contribution in [0.5, 0.6) is 11.5 Å². The van der Waals surface area contributed by atoms with Gasteiger partial charge in [-0.1, -0.05) is 0 Å². The highest BCUT2D eigenvalue weighted by atomic mass is 16.5. The Morgan fingerprint density at radius 1 is 1.33 bits per heavy atom. The fourth-order valence-electron chi connectivity index (χ4n) is 3.50. The summed E-state index contributed by atoms with van der Waals surface area (Å²) in [6.45, 7) is 6.52. The van der Waals surface area contributed by atoms with Gasteiger partial charge in [0.05, 0.1) is 13.2 Å². The molecule has 3 rings (SSSR count). The van der Waals surface area contributed by atoms with Crippen molar-refractivity contribution in [3.05, 3.63) is 23.8 Å². The molecule has 1 aromatic rings. The van der Waals surface area contributed by atoms with Crippen LogP contribution in [0, 0.1) is 0 Å². The minimum Gasteiger partial charge on any atom is -0.497 e. The minimum absolute atomic E-state index is 0.218. The van der Waals surface area contributed by atoms with Crippen molar-refractivity contribution in [2.24, 2.45) is 0 Å².